The van der Waals surface area contributed by atoms with Crippen LogP contribution in [0.1, 0.15) is 105 Å². The Morgan fingerprint density at radius 1 is 1.02 bits per heavy atom. The Bertz CT molecular complexity index is 1670. The first kappa shape index (κ1) is 35.0. The number of ether oxygens (including phenoxy) is 1. The van der Waals surface area contributed by atoms with Gasteiger partial charge in [-0.05, 0) is 45.4 Å². The van der Waals surface area contributed by atoms with Crippen LogP contribution in [0.2, 0.25) is 0 Å². The van der Waals surface area contributed by atoms with Gasteiger partial charge in [0.25, 0.3) is 29.9 Å². The minimum Gasteiger partial charge on any atom is -0.384 e. The van der Waals surface area contributed by atoms with Gasteiger partial charge in [-0.15, -0.1) is 0 Å². The molecule has 3 aromatic heterocycles. The van der Waals surface area contributed by atoms with Crippen molar-refractivity contribution in [2.24, 2.45) is 5.92 Å². The van der Waals surface area contributed by atoms with Crippen molar-refractivity contribution >= 4 is 17.6 Å². The quantitative estimate of drug-likeness (QED) is 0.331. The number of amides is 2. The molecule has 49 heavy (non-hydrogen) atoms. The van der Waals surface area contributed by atoms with E-state index in [1.807, 2.05) is 13.8 Å². The Morgan fingerprint density at radius 2 is 1.73 bits per heavy atom. The summed E-state index contributed by atoms with van der Waals surface area (Å²) < 4.78 is 91.5. The molecule has 0 radical (unpaired) electrons. The summed E-state index contributed by atoms with van der Waals surface area (Å²) in [6, 6.07) is -2.30. The second kappa shape index (κ2) is 13.1. The first-order valence-corrected chi connectivity index (χ1v) is 16.2. The van der Waals surface area contributed by atoms with Crippen LogP contribution in [0, 0.1) is 5.92 Å². The summed E-state index contributed by atoms with van der Waals surface area (Å²) in [5.41, 5.74) is -2.22. The Balaban J connectivity index is 1.31. The van der Waals surface area contributed by atoms with Gasteiger partial charge in [0.05, 0.1) is 35.9 Å². The number of carbonyl (C=O) groups is 2. The molecule has 1 saturated carbocycles. The van der Waals surface area contributed by atoms with E-state index in [-0.39, 0.29) is 67.7 Å². The fourth-order valence-corrected chi connectivity index (χ4v) is 6.78. The van der Waals surface area contributed by atoms with Gasteiger partial charge in [-0.25, -0.2) is 50.5 Å². The lowest BCUT2D eigenvalue weighted by Crippen LogP contribution is -2.55. The van der Waals surface area contributed by atoms with Gasteiger partial charge in [0.15, 0.2) is 0 Å². The molecular formula is C30H37F6N9O4. The number of alkyl halides is 6. The number of hydrogen-bond donors (Lipinski definition) is 2. The van der Waals surface area contributed by atoms with E-state index in [0.29, 0.717) is 0 Å². The summed E-state index contributed by atoms with van der Waals surface area (Å²) in [6.45, 7) is 2.34. The van der Waals surface area contributed by atoms with Crippen molar-refractivity contribution < 1.29 is 45.8 Å². The van der Waals surface area contributed by atoms with E-state index < -0.39 is 85.7 Å². The zero-order valence-electron chi connectivity index (χ0n) is 26.8. The molecule has 2 N–H and O–H groups in total. The van der Waals surface area contributed by atoms with Crippen molar-refractivity contribution in [3.63, 3.8) is 0 Å². The largest absolute Gasteiger partial charge is 0.384 e. The predicted octanol–water partition coefficient (Wildman–Crippen LogP) is 4.07. The average molecular weight is 702 g/mol. The molecule has 0 spiro atoms. The number of fused-ring (bicyclic) bond motifs is 1. The van der Waals surface area contributed by atoms with E-state index in [4.69, 9.17) is 4.74 Å². The zero-order chi connectivity index (χ0) is 35.3. The lowest BCUT2D eigenvalue weighted by Gasteiger charge is -2.44. The predicted molar refractivity (Wildman–Crippen MR) is 157 cm³/mol. The summed E-state index contributed by atoms with van der Waals surface area (Å²) in [5.74, 6) is -7.71. The number of imidazole rings is 1. The SMILES string of the molecule is CC(C)n1ncnc1C(=O)N[C@H](c1cn2ncc([C@H]3C[C@](O)(C(F)F)CCN3C(=O)[C@@H]3CCC(F)(F)CO3)nc2n1)C1CCC(F)(F)CC1. The van der Waals surface area contributed by atoms with Crippen LogP contribution < -0.4 is 5.32 Å². The molecule has 4 atom stereocenters. The van der Waals surface area contributed by atoms with Crippen molar-refractivity contribution in [2.45, 2.75) is 113 Å². The van der Waals surface area contributed by atoms with Crippen molar-refractivity contribution in [2.75, 3.05) is 13.2 Å². The fraction of sp³-hybridized carbons (Fsp3) is 0.700. The molecule has 2 amide bonds. The topological polar surface area (TPSA) is 153 Å². The Hall–Kier alpha value is -3.87. The Labute approximate surface area is 276 Å². The van der Waals surface area contributed by atoms with Crippen molar-refractivity contribution in [1.29, 1.82) is 0 Å². The highest BCUT2D eigenvalue weighted by Gasteiger charge is 2.49. The van der Waals surface area contributed by atoms with E-state index in [9.17, 15) is 41.0 Å². The highest BCUT2D eigenvalue weighted by Crippen LogP contribution is 2.43. The minimum absolute atomic E-state index is 0.000781. The molecule has 3 fully saturated rings. The molecule has 0 bridgehead atoms. The highest BCUT2D eigenvalue weighted by molar-refractivity contribution is 5.91. The molecule has 268 valence electrons. The number of likely N-dealkylation sites (tertiary alicyclic amines) is 1. The van der Waals surface area contributed by atoms with Crippen molar-refractivity contribution in [1.82, 2.24) is 44.6 Å². The average Bonchev–Trinajstić information content (AvgIpc) is 3.71. The number of aromatic nitrogens is 7. The van der Waals surface area contributed by atoms with E-state index >= 15 is 0 Å². The summed E-state index contributed by atoms with van der Waals surface area (Å²) in [5, 5.41) is 22.0. The molecule has 6 rings (SSSR count). The normalized spacial score (nSPS) is 26.7. The number of carbonyl (C=O) groups excluding carboxylic acids is 2. The Kier molecular flexibility index (Phi) is 9.36. The van der Waals surface area contributed by atoms with Crippen LogP contribution in [-0.4, -0.2) is 99.3 Å². The number of aliphatic hydroxyl groups is 1. The summed E-state index contributed by atoms with van der Waals surface area (Å²) in [4.78, 5) is 41.2. The van der Waals surface area contributed by atoms with E-state index in [1.165, 1.54) is 32.8 Å². The number of nitrogens with one attached hydrogen (secondary N) is 1. The molecule has 1 aliphatic carbocycles. The molecule has 5 heterocycles. The van der Waals surface area contributed by atoms with Crippen molar-refractivity contribution in [3.05, 3.63) is 35.9 Å². The van der Waals surface area contributed by atoms with Gasteiger partial charge < -0.3 is 20.1 Å². The molecule has 0 unspecified atom stereocenters. The van der Waals surface area contributed by atoms with Crippen LogP contribution in [0.4, 0.5) is 26.3 Å². The monoisotopic (exact) mass is 701 g/mol. The molecule has 0 aromatic carbocycles. The third kappa shape index (κ3) is 7.22. The van der Waals surface area contributed by atoms with Crippen LogP contribution >= 0.6 is 0 Å². The third-order valence-corrected chi connectivity index (χ3v) is 9.62. The summed E-state index contributed by atoms with van der Waals surface area (Å²) in [7, 11) is 0. The lowest BCUT2D eigenvalue weighted by atomic mass is 9.81. The summed E-state index contributed by atoms with van der Waals surface area (Å²) in [6.07, 6.45) is -3.04. The number of nitrogens with zero attached hydrogens (tertiary/aromatic N) is 8. The van der Waals surface area contributed by atoms with Crippen LogP contribution in [0.3, 0.4) is 0 Å². The van der Waals surface area contributed by atoms with Gasteiger partial charge >= 0.3 is 0 Å². The first-order valence-electron chi connectivity index (χ1n) is 16.2. The zero-order valence-corrected chi connectivity index (χ0v) is 26.8. The molecule has 19 heteroatoms. The van der Waals surface area contributed by atoms with Crippen molar-refractivity contribution in [3.8, 4) is 0 Å². The van der Waals surface area contributed by atoms with Gasteiger partial charge in [0.1, 0.15) is 24.6 Å². The van der Waals surface area contributed by atoms with E-state index in [0.717, 1.165) is 0 Å². The molecule has 13 nitrogen and oxygen atoms in total. The second-order valence-corrected chi connectivity index (χ2v) is 13.5. The van der Waals surface area contributed by atoms with Gasteiger partial charge in [0, 0.05) is 38.3 Å². The third-order valence-electron chi connectivity index (χ3n) is 9.62. The fourth-order valence-electron chi connectivity index (χ4n) is 6.78. The standard InChI is InChI=1S/C30H37F6N9O4/c1-16(2)45-23(37-15-39-45)24(46)42-22(17-3-6-29(33,34)7-4-17)19-13-44-27(41-19)40-18(12-38-44)20-11-28(48,26(31)32)9-10-43(20)25(47)21-5-8-30(35,36)14-49-21/h12-13,15-17,20-22,26,48H,3-11,14H2,1-2H3,(H,42,46)/t20-,21+,22+,28+/m1/s1. The smallest absolute Gasteiger partial charge is 0.289 e. The minimum atomic E-state index is -3.15. The maximum Gasteiger partial charge on any atom is 0.289 e. The Morgan fingerprint density at radius 3 is 2.39 bits per heavy atom. The van der Waals surface area contributed by atoms with Crippen LogP contribution in [0.15, 0.2) is 18.7 Å². The van der Waals surface area contributed by atoms with Crippen LogP contribution in [0.25, 0.3) is 5.78 Å². The second-order valence-electron chi connectivity index (χ2n) is 13.5. The van der Waals surface area contributed by atoms with Gasteiger partial charge in [-0.3, -0.25) is 9.59 Å². The van der Waals surface area contributed by atoms with Gasteiger partial charge in [-0.2, -0.15) is 10.2 Å². The maximum absolute atomic E-state index is 14.1. The molecular weight excluding hydrogens is 664 g/mol. The molecule has 2 saturated heterocycles. The van der Waals surface area contributed by atoms with E-state index in [2.05, 4.69) is 30.5 Å². The van der Waals surface area contributed by atoms with Crippen LogP contribution in [0.5, 0.6) is 0 Å². The first-order chi connectivity index (χ1) is 23.1. The number of rotatable bonds is 8. The molecule has 3 aliphatic rings. The number of hydrogen-bond acceptors (Lipinski definition) is 9. The van der Waals surface area contributed by atoms with Gasteiger partial charge in [-0.1, -0.05) is 0 Å². The summed E-state index contributed by atoms with van der Waals surface area (Å²) >= 11 is 0. The number of halogens is 6. The molecule has 2 aliphatic heterocycles. The highest BCUT2D eigenvalue weighted by atomic mass is 19.3. The molecule has 3 aromatic rings. The van der Waals surface area contributed by atoms with Crippen LogP contribution in [-0.2, 0) is 9.53 Å². The number of piperidine rings is 1. The maximum atomic E-state index is 14.1. The van der Waals surface area contributed by atoms with E-state index in [1.54, 1.807) is 0 Å². The van der Waals surface area contributed by atoms with Gasteiger partial charge in [0.2, 0.25) is 11.7 Å². The lowest BCUT2D eigenvalue weighted by molar-refractivity contribution is -0.182.